The molecule has 1 aliphatic heterocycles. The van der Waals surface area contributed by atoms with Gasteiger partial charge in [0.15, 0.2) is 0 Å². The first-order valence-electron chi connectivity index (χ1n) is 9.32. The third-order valence-corrected chi connectivity index (χ3v) is 5.08. The number of likely N-dealkylation sites (tertiary alicyclic amines) is 1. The van der Waals surface area contributed by atoms with Crippen molar-refractivity contribution in [2.75, 3.05) is 47.8 Å². The molecule has 0 saturated carbocycles. The second kappa shape index (κ2) is 9.57. The van der Waals surface area contributed by atoms with Crippen LogP contribution in [0.2, 0.25) is 0 Å². The van der Waals surface area contributed by atoms with Crippen molar-refractivity contribution in [3.05, 3.63) is 35.9 Å². The van der Waals surface area contributed by atoms with Gasteiger partial charge in [-0.05, 0) is 38.9 Å². The van der Waals surface area contributed by atoms with Gasteiger partial charge in [-0.1, -0.05) is 30.3 Å². The van der Waals surface area contributed by atoms with Crippen LogP contribution < -0.4 is 5.32 Å². The minimum absolute atomic E-state index is 0.000694. The first kappa shape index (κ1) is 20.2. The molecule has 3 amide bonds. The predicted molar refractivity (Wildman–Crippen MR) is 104 cm³/mol. The molecule has 0 aliphatic carbocycles. The minimum Gasteiger partial charge on any atom is -0.354 e. The summed E-state index contributed by atoms with van der Waals surface area (Å²) in [5.74, 6) is 0.114. The van der Waals surface area contributed by atoms with Gasteiger partial charge >= 0.3 is 6.03 Å². The SMILES string of the molecule is CN(C)C(=O)N1CCC(C(=O)NCC(Cc2ccccc2)N(C)C)CC1. The van der Waals surface area contributed by atoms with E-state index in [4.69, 9.17) is 0 Å². The number of hydrogen-bond donors (Lipinski definition) is 1. The topological polar surface area (TPSA) is 55.9 Å². The number of carbonyl (C=O) groups is 2. The molecule has 1 unspecified atom stereocenters. The summed E-state index contributed by atoms with van der Waals surface area (Å²) >= 11 is 0. The maximum absolute atomic E-state index is 12.5. The second-order valence-electron chi connectivity index (χ2n) is 7.49. The van der Waals surface area contributed by atoms with E-state index in [1.54, 1.807) is 19.0 Å². The quantitative estimate of drug-likeness (QED) is 0.840. The van der Waals surface area contributed by atoms with E-state index in [2.05, 4.69) is 22.3 Å². The number of nitrogens with one attached hydrogen (secondary N) is 1. The lowest BCUT2D eigenvalue weighted by atomic mass is 9.95. The summed E-state index contributed by atoms with van der Waals surface area (Å²) in [6.07, 6.45) is 2.37. The lowest BCUT2D eigenvalue weighted by Crippen LogP contribution is -2.48. The average Bonchev–Trinajstić information content (AvgIpc) is 2.64. The van der Waals surface area contributed by atoms with Crippen LogP contribution in [0.5, 0.6) is 0 Å². The third-order valence-electron chi connectivity index (χ3n) is 5.08. The molecule has 1 heterocycles. The Kier molecular flexibility index (Phi) is 7.45. The highest BCUT2D eigenvalue weighted by molar-refractivity contribution is 5.79. The summed E-state index contributed by atoms with van der Waals surface area (Å²) in [5, 5.41) is 3.13. The standard InChI is InChI=1S/C20H32N4O2/c1-22(2)18(14-16-8-6-5-7-9-16)15-21-19(25)17-10-12-24(13-11-17)20(26)23(3)4/h5-9,17-18H,10-15H2,1-4H3,(H,21,25). The largest absolute Gasteiger partial charge is 0.354 e. The molecule has 26 heavy (non-hydrogen) atoms. The third kappa shape index (κ3) is 5.73. The van der Waals surface area contributed by atoms with Gasteiger partial charge in [0, 0.05) is 45.7 Å². The molecule has 1 N–H and O–H groups in total. The van der Waals surface area contributed by atoms with E-state index >= 15 is 0 Å². The Labute approximate surface area is 157 Å². The Morgan fingerprint density at radius 1 is 1.12 bits per heavy atom. The van der Waals surface area contributed by atoms with Crippen LogP contribution in [0.4, 0.5) is 4.79 Å². The summed E-state index contributed by atoms with van der Waals surface area (Å²) in [5.41, 5.74) is 1.27. The van der Waals surface area contributed by atoms with E-state index in [-0.39, 0.29) is 23.9 Å². The summed E-state index contributed by atoms with van der Waals surface area (Å²) in [7, 11) is 7.61. The van der Waals surface area contributed by atoms with Gasteiger partial charge in [-0.25, -0.2) is 4.79 Å². The number of urea groups is 1. The fourth-order valence-corrected chi connectivity index (χ4v) is 3.30. The summed E-state index contributed by atoms with van der Waals surface area (Å²) in [4.78, 5) is 30.1. The number of carbonyl (C=O) groups excluding carboxylic acids is 2. The molecule has 0 radical (unpaired) electrons. The van der Waals surface area contributed by atoms with Crippen molar-refractivity contribution in [3.8, 4) is 0 Å². The number of hydrogen-bond acceptors (Lipinski definition) is 3. The highest BCUT2D eigenvalue weighted by atomic mass is 16.2. The zero-order valence-electron chi connectivity index (χ0n) is 16.4. The first-order chi connectivity index (χ1) is 12.4. The van der Waals surface area contributed by atoms with Crippen LogP contribution >= 0.6 is 0 Å². The molecular weight excluding hydrogens is 328 g/mol. The van der Waals surface area contributed by atoms with Crippen molar-refractivity contribution in [2.45, 2.75) is 25.3 Å². The highest BCUT2D eigenvalue weighted by Crippen LogP contribution is 2.18. The van der Waals surface area contributed by atoms with E-state index in [9.17, 15) is 9.59 Å². The molecule has 1 fully saturated rings. The molecule has 0 bridgehead atoms. The van der Waals surface area contributed by atoms with Crippen LogP contribution in [0, 0.1) is 5.92 Å². The molecule has 1 atom stereocenters. The summed E-state index contributed by atoms with van der Waals surface area (Å²) in [6, 6.07) is 10.6. The lowest BCUT2D eigenvalue weighted by molar-refractivity contribution is -0.126. The zero-order valence-corrected chi connectivity index (χ0v) is 16.4. The molecular formula is C20H32N4O2. The second-order valence-corrected chi connectivity index (χ2v) is 7.49. The molecule has 6 nitrogen and oxygen atoms in total. The van der Waals surface area contributed by atoms with Gasteiger partial charge < -0.3 is 20.0 Å². The monoisotopic (exact) mass is 360 g/mol. The van der Waals surface area contributed by atoms with Crippen molar-refractivity contribution < 1.29 is 9.59 Å². The molecule has 1 aromatic carbocycles. The van der Waals surface area contributed by atoms with Crippen LogP contribution in [0.25, 0.3) is 0 Å². The van der Waals surface area contributed by atoms with E-state index in [1.165, 1.54) is 5.56 Å². The van der Waals surface area contributed by atoms with E-state index in [0.717, 1.165) is 19.3 Å². The van der Waals surface area contributed by atoms with Crippen molar-refractivity contribution in [2.24, 2.45) is 5.92 Å². The van der Waals surface area contributed by atoms with Gasteiger partial charge in [-0.15, -0.1) is 0 Å². The number of piperidine rings is 1. The van der Waals surface area contributed by atoms with Crippen LogP contribution in [0.1, 0.15) is 18.4 Å². The van der Waals surface area contributed by atoms with Gasteiger partial charge in [0.05, 0.1) is 0 Å². The Morgan fingerprint density at radius 2 is 1.73 bits per heavy atom. The molecule has 2 rings (SSSR count). The Morgan fingerprint density at radius 3 is 2.27 bits per heavy atom. The van der Waals surface area contributed by atoms with Crippen LogP contribution in [-0.4, -0.2) is 80.5 Å². The fraction of sp³-hybridized carbons (Fsp3) is 0.600. The molecule has 0 aromatic heterocycles. The minimum atomic E-state index is 0.000694. The maximum atomic E-state index is 12.5. The molecule has 6 heteroatoms. The van der Waals surface area contributed by atoms with Gasteiger partial charge in [0.2, 0.25) is 5.91 Å². The first-order valence-corrected chi connectivity index (χ1v) is 9.32. The number of amides is 3. The van der Waals surface area contributed by atoms with E-state index < -0.39 is 0 Å². The van der Waals surface area contributed by atoms with Crippen molar-refractivity contribution in [1.82, 2.24) is 20.0 Å². The highest BCUT2D eigenvalue weighted by Gasteiger charge is 2.28. The predicted octanol–water partition coefficient (Wildman–Crippen LogP) is 1.67. The fourth-order valence-electron chi connectivity index (χ4n) is 3.30. The zero-order chi connectivity index (χ0) is 19.1. The van der Waals surface area contributed by atoms with Crippen molar-refractivity contribution in [3.63, 3.8) is 0 Å². The van der Waals surface area contributed by atoms with Gasteiger partial charge in [-0.3, -0.25) is 4.79 Å². The normalized spacial score (nSPS) is 16.4. The molecule has 1 aliphatic rings. The smallest absolute Gasteiger partial charge is 0.319 e. The van der Waals surface area contributed by atoms with Crippen LogP contribution in [0.15, 0.2) is 30.3 Å². The molecule has 144 valence electrons. The Hall–Kier alpha value is -2.08. The van der Waals surface area contributed by atoms with E-state index in [1.807, 2.05) is 37.2 Å². The maximum Gasteiger partial charge on any atom is 0.319 e. The number of rotatable bonds is 6. The summed E-state index contributed by atoms with van der Waals surface area (Å²) < 4.78 is 0. The Bertz CT molecular complexity index is 581. The molecule has 1 saturated heterocycles. The van der Waals surface area contributed by atoms with Crippen molar-refractivity contribution >= 4 is 11.9 Å². The number of nitrogens with zero attached hydrogens (tertiary/aromatic N) is 3. The number of benzene rings is 1. The van der Waals surface area contributed by atoms with Gasteiger partial charge in [-0.2, -0.15) is 0 Å². The van der Waals surface area contributed by atoms with E-state index in [0.29, 0.717) is 19.6 Å². The van der Waals surface area contributed by atoms with Gasteiger partial charge in [0.1, 0.15) is 0 Å². The number of likely N-dealkylation sites (N-methyl/N-ethyl adjacent to an activating group) is 1. The van der Waals surface area contributed by atoms with Crippen molar-refractivity contribution in [1.29, 1.82) is 0 Å². The molecule has 0 spiro atoms. The van der Waals surface area contributed by atoms with Crippen LogP contribution in [-0.2, 0) is 11.2 Å². The lowest BCUT2D eigenvalue weighted by Gasteiger charge is -2.33. The van der Waals surface area contributed by atoms with Gasteiger partial charge in [0.25, 0.3) is 0 Å². The van der Waals surface area contributed by atoms with Crippen LogP contribution in [0.3, 0.4) is 0 Å². The summed E-state index contributed by atoms with van der Waals surface area (Å²) in [6.45, 7) is 1.93. The Balaban J connectivity index is 1.80. The average molecular weight is 361 g/mol. The molecule has 1 aromatic rings.